The van der Waals surface area contributed by atoms with E-state index in [1.54, 1.807) is 12.1 Å². The van der Waals surface area contributed by atoms with Crippen LogP contribution in [0.3, 0.4) is 0 Å². The second-order valence-corrected chi connectivity index (χ2v) is 12.9. The highest BCUT2D eigenvalue weighted by atomic mass is 35.5. The molecule has 0 bridgehead atoms. The highest BCUT2D eigenvalue weighted by Crippen LogP contribution is 2.31. The fourth-order valence-electron chi connectivity index (χ4n) is 6.60. The van der Waals surface area contributed by atoms with E-state index >= 15 is 0 Å². The van der Waals surface area contributed by atoms with Crippen LogP contribution in [-0.2, 0) is 24.3 Å². The van der Waals surface area contributed by atoms with Crippen molar-refractivity contribution < 1.29 is 14.7 Å². The molecule has 7 aromatic rings. The smallest absolute Gasteiger partial charge is 0.326 e. The number of halogens is 1. The van der Waals surface area contributed by atoms with Crippen LogP contribution in [0.4, 0.5) is 5.69 Å². The first-order valence-corrected chi connectivity index (χ1v) is 17.0. The topological polar surface area (TPSA) is 69.6 Å². The van der Waals surface area contributed by atoms with E-state index in [0.717, 1.165) is 49.4 Å². The van der Waals surface area contributed by atoms with Crippen molar-refractivity contribution in [3.05, 3.63) is 185 Å². The van der Waals surface area contributed by atoms with Gasteiger partial charge in [-0.1, -0.05) is 151 Å². The molecule has 0 saturated carbocycles. The molecule has 0 radical (unpaired) electrons. The van der Waals surface area contributed by atoms with Crippen molar-refractivity contribution in [1.82, 2.24) is 5.32 Å². The summed E-state index contributed by atoms with van der Waals surface area (Å²) in [4.78, 5) is 28.8. The Morgan fingerprint density at radius 1 is 0.620 bits per heavy atom. The molecule has 0 aliphatic heterocycles. The first-order valence-electron chi connectivity index (χ1n) is 16.6. The van der Waals surface area contributed by atoms with Crippen LogP contribution >= 0.6 is 11.6 Å². The molecule has 0 spiro atoms. The number of carboxylic acids is 1. The Balaban J connectivity index is 1.22. The number of fused-ring (bicyclic) bond motifs is 2. The third-order valence-corrected chi connectivity index (χ3v) is 9.37. The lowest BCUT2D eigenvalue weighted by Gasteiger charge is -2.29. The molecular weight excluding hydrogens is 640 g/mol. The molecule has 0 heterocycles. The van der Waals surface area contributed by atoms with Gasteiger partial charge in [-0.05, 0) is 67.6 Å². The van der Waals surface area contributed by atoms with Gasteiger partial charge in [0.1, 0.15) is 6.04 Å². The van der Waals surface area contributed by atoms with E-state index in [-0.39, 0.29) is 6.42 Å². The van der Waals surface area contributed by atoms with Gasteiger partial charge in [-0.3, -0.25) is 4.79 Å². The summed E-state index contributed by atoms with van der Waals surface area (Å²) in [5.41, 5.74) is 6.09. The average Bonchev–Trinajstić information content (AvgIpc) is 3.15. The summed E-state index contributed by atoms with van der Waals surface area (Å²) in [6.07, 6.45) is 0.127. The predicted octanol–water partition coefficient (Wildman–Crippen LogP) is 9.95. The molecule has 1 amide bonds. The van der Waals surface area contributed by atoms with E-state index in [9.17, 15) is 14.7 Å². The summed E-state index contributed by atoms with van der Waals surface area (Å²) < 4.78 is 0. The second kappa shape index (κ2) is 14.7. The number of hydrogen-bond acceptors (Lipinski definition) is 3. The minimum atomic E-state index is -1.15. The summed E-state index contributed by atoms with van der Waals surface area (Å²) in [6.45, 7) is 1.01. The van der Waals surface area contributed by atoms with Crippen molar-refractivity contribution in [2.45, 2.75) is 25.6 Å². The minimum absolute atomic E-state index is 0.127. The maximum atomic E-state index is 14.1. The van der Waals surface area contributed by atoms with Crippen molar-refractivity contribution in [2.24, 2.45) is 0 Å². The molecule has 6 heteroatoms. The number of anilines is 1. The Bertz CT molecular complexity index is 2210. The summed E-state index contributed by atoms with van der Waals surface area (Å²) in [6, 6.07) is 50.9. The number of carbonyl (C=O) groups excluding carboxylic acids is 1. The van der Waals surface area contributed by atoms with Crippen LogP contribution in [0, 0.1) is 0 Å². The van der Waals surface area contributed by atoms with Gasteiger partial charge in [0.25, 0.3) is 5.91 Å². The van der Waals surface area contributed by atoms with Gasteiger partial charge in [0, 0.05) is 24.5 Å². The first-order chi connectivity index (χ1) is 24.4. The van der Waals surface area contributed by atoms with Gasteiger partial charge in [-0.2, -0.15) is 0 Å². The van der Waals surface area contributed by atoms with Crippen LogP contribution in [0.15, 0.2) is 158 Å². The largest absolute Gasteiger partial charge is 0.480 e. The summed E-state index contributed by atoms with van der Waals surface area (Å²) in [5, 5.41) is 17.9. The Labute approximate surface area is 296 Å². The van der Waals surface area contributed by atoms with E-state index in [1.165, 1.54) is 0 Å². The normalized spacial score (nSPS) is 11.7. The lowest BCUT2D eigenvalue weighted by atomic mass is 10.00. The van der Waals surface area contributed by atoms with Gasteiger partial charge in [0.05, 0.1) is 11.3 Å². The molecule has 1 atom stereocenters. The lowest BCUT2D eigenvalue weighted by molar-refractivity contribution is -0.139. The fourth-order valence-corrected chi connectivity index (χ4v) is 6.77. The Morgan fingerprint density at radius 2 is 1.16 bits per heavy atom. The number of rotatable bonds is 11. The van der Waals surface area contributed by atoms with Gasteiger partial charge in [0.15, 0.2) is 0 Å². The maximum absolute atomic E-state index is 14.1. The molecule has 7 rings (SSSR count). The zero-order chi connectivity index (χ0) is 34.5. The van der Waals surface area contributed by atoms with E-state index in [4.69, 9.17) is 11.6 Å². The molecule has 7 aromatic carbocycles. The van der Waals surface area contributed by atoms with Crippen LogP contribution in [-0.4, -0.2) is 23.0 Å². The van der Waals surface area contributed by atoms with E-state index < -0.39 is 17.9 Å². The van der Waals surface area contributed by atoms with Crippen LogP contribution in [0.25, 0.3) is 32.7 Å². The van der Waals surface area contributed by atoms with Crippen molar-refractivity contribution in [1.29, 1.82) is 0 Å². The molecule has 0 aromatic heterocycles. The van der Waals surface area contributed by atoms with Crippen LogP contribution < -0.4 is 10.2 Å². The SMILES string of the molecule is O=C(N[C@H](Cc1ccc(-c2ccccc2)cc1)C(=O)O)c1cc(Cl)ccc1N(Cc1cccc2ccccc12)Cc1cccc2ccccc12. The van der Waals surface area contributed by atoms with E-state index in [2.05, 4.69) is 58.7 Å². The Kier molecular flexibility index (Phi) is 9.59. The maximum Gasteiger partial charge on any atom is 0.326 e. The van der Waals surface area contributed by atoms with Gasteiger partial charge < -0.3 is 15.3 Å². The number of carbonyl (C=O) groups is 2. The third-order valence-electron chi connectivity index (χ3n) is 9.13. The van der Waals surface area contributed by atoms with Crippen LogP contribution in [0.1, 0.15) is 27.0 Å². The quantitative estimate of drug-likeness (QED) is 0.143. The number of nitrogens with zero attached hydrogens (tertiary/aromatic N) is 1. The van der Waals surface area contributed by atoms with Crippen LogP contribution in [0.2, 0.25) is 5.02 Å². The third kappa shape index (κ3) is 7.24. The number of benzene rings is 7. The minimum Gasteiger partial charge on any atom is -0.480 e. The lowest BCUT2D eigenvalue weighted by Crippen LogP contribution is -2.42. The zero-order valence-electron chi connectivity index (χ0n) is 27.3. The van der Waals surface area contributed by atoms with Crippen molar-refractivity contribution in [3.8, 4) is 11.1 Å². The molecule has 0 fully saturated rings. The molecule has 0 aliphatic carbocycles. The number of nitrogens with one attached hydrogen (secondary N) is 1. The van der Waals surface area contributed by atoms with E-state index in [0.29, 0.717) is 29.4 Å². The van der Waals surface area contributed by atoms with Crippen molar-refractivity contribution in [2.75, 3.05) is 4.90 Å². The Morgan fingerprint density at radius 3 is 1.76 bits per heavy atom. The monoisotopic (exact) mass is 674 g/mol. The number of hydrogen-bond donors (Lipinski definition) is 2. The molecule has 50 heavy (non-hydrogen) atoms. The van der Waals surface area contributed by atoms with Crippen LogP contribution in [0.5, 0.6) is 0 Å². The molecule has 2 N–H and O–H groups in total. The summed E-state index contributed by atoms with van der Waals surface area (Å²) >= 11 is 6.52. The second-order valence-electron chi connectivity index (χ2n) is 12.4. The van der Waals surface area contributed by atoms with Gasteiger partial charge >= 0.3 is 5.97 Å². The molecule has 5 nitrogen and oxygen atoms in total. The number of aliphatic carboxylic acids is 1. The summed E-state index contributed by atoms with van der Waals surface area (Å²) in [7, 11) is 0. The number of carboxylic acid groups (broad SMARTS) is 1. The first kappa shape index (κ1) is 32.6. The van der Waals surface area contributed by atoms with Gasteiger partial charge in [0.2, 0.25) is 0 Å². The molecular formula is C44H35ClN2O3. The zero-order valence-corrected chi connectivity index (χ0v) is 28.1. The number of amides is 1. The fraction of sp³-hybridized carbons (Fsp3) is 0.0909. The van der Waals surface area contributed by atoms with Crippen molar-refractivity contribution in [3.63, 3.8) is 0 Å². The average molecular weight is 675 g/mol. The van der Waals surface area contributed by atoms with Gasteiger partial charge in [-0.25, -0.2) is 4.79 Å². The molecule has 0 unspecified atom stereocenters. The molecule has 246 valence electrons. The van der Waals surface area contributed by atoms with E-state index in [1.807, 2.05) is 97.1 Å². The molecule has 0 aliphatic rings. The highest BCUT2D eigenvalue weighted by Gasteiger charge is 2.25. The molecule has 0 saturated heterocycles. The summed E-state index contributed by atoms with van der Waals surface area (Å²) in [5.74, 6) is -1.62. The highest BCUT2D eigenvalue weighted by molar-refractivity contribution is 6.31. The van der Waals surface area contributed by atoms with Crippen molar-refractivity contribution >= 4 is 50.7 Å². The predicted molar refractivity (Wildman–Crippen MR) is 204 cm³/mol. The van der Waals surface area contributed by atoms with Gasteiger partial charge in [-0.15, -0.1) is 0 Å². The Hall–Kier alpha value is -5.91. The standard InChI is InChI=1S/C44H35ClN2O3/c45-37-24-25-42(40(27-37)43(48)46-41(44(49)50)26-30-20-22-32(23-21-30)31-10-2-1-3-11-31)47(28-35-16-8-14-33-12-4-6-18-38(33)35)29-36-17-9-15-34-13-5-7-19-39(34)36/h1-25,27,41H,26,28-29H2,(H,46,48)(H,49,50)/t41-/m1/s1.